The first kappa shape index (κ1) is 14.0. The zero-order valence-electron chi connectivity index (χ0n) is 10.3. The summed E-state index contributed by atoms with van der Waals surface area (Å²) in [6, 6.07) is 1.56. The molecule has 2 unspecified atom stereocenters. The number of hydrogen-bond acceptors (Lipinski definition) is 3. The Morgan fingerprint density at radius 3 is 2.83 bits per heavy atom. The molecule has 18 heavy (non-hydrogen) atoms. The summed E-state index contributed by atoms with van der Waals surface area (Å²) in [6.45, 7) is 2.71. The summed E-state index contributed by atoms with van der Waals surface area (Å²) < 4.78 is 27.5. The van der Waals surface area contributed by atoms with Gasteiger partial charge in [-0.1, -0.05) is 19.8 Å². The zero-order chi connectivity index (χ0) is 13.2. The Morgan fingerprint density at radius 1 is 1.44 bits per heavy atom. The monoisotopic (exact) mass is 332 g/mol. The zero-order valence-corrected chi connectivity index (χ0v) is 12.7. The van der Waals surface area contributed by atoms with E-state index < -0.39 is 10.0 Å². The van der Waals surface area contributed by atoms with Crippen molar-refractivity contribution < 1.29 is 8.42 Å². The van der Waals surface area contributed by atoms with Crippen LogP contribution in [-0.2, 0) is 10.0 Å². The van der Waals surface area contributed by atoms with Crippen LogP contribution in [0.25, 0.3) is 0 Å². The predicted molar refractivity (Wildman–Crippen MR) is 73.6 cm³/mol. The molecule has 2 atom stereocenters. The van der Waals surface area contributed by atoms with Gasteiger partial charge in [0.25, 0.3) is 0 Å². The van der Waals surface area contributed by atoms with Crippen molar-refractivity contribution in [2.75, 3.05) is 6.54 Å². The van der Waals surface area contributed by atoms with E-state index in [9.17, 15) is 8.42 Å². The lowest BCUT2D eigenvalue weighted by Gasteiger charge is -2.15. The summed E-state index contributed by atoms with van der Waals surface area (Å²) in [5.74, 6) is 1.06. The van der Waals surface area contributed by atoms with Crippen molar-refractivity contribution in [2.24, 2.45) is 11.8 Å². The smallest absolute Gasteiger partial charge is 0.242 e. The summed E-state index contributed by atoms with van der Waals surface area (Å²) in [4.78, 5) is 4.09. The van der Waals surface area contributed by atoms with Crippen LogP contribution in [0.4, 0.5) is 0 Å². The molecule has 2 rings (SSSR count). The molecule has 4 nitrogen and oxygen atoms in total. The average molecular weight is 333 g/mol. The molecule has 1 N–H and O–H groups in total. The van der Waals surface area contributed by atoms with E-state index in [2.05, 4.69) is 32.6 Å². The molecule has 1 aromatic heterocycles. The normalized spacial score (nSPS) is 24.3. The predicted octanol–water partition coefficient (Wildman–Crippen LogP) is 2.56. The van der Waals surface area contributed by atoms with E-state index >= 15 is 0 Å². The molecular weight excluding hydrogens is 316 g/mol. The van der Waals surface area contributed by atoms with Gasteiger partial charge in [0.2, 0.25) is 10.0 Å². The molecule has 1 heterocycles. The Bertz CT molecular complexity index is 519. The second kappa shape index (κ2) is 5.67. The molecule has 1 aliphatic carbocycles. The van der Waals surface area contributed by atoms with Gasteiger partial charge in [-0.2, -0.15) is 0 Å². The molecule has 1 aromatic rings. The summed E-state index contributed by atoms with van der Waals surface area (Å²) in [7, 11) is -3.44. The maximum absolute atomic E-state index is 12.1. The first-order valence-corrected chi connectivity index (χ1v) is 8.37. The van der Waals surface area contributed by atoms with Crippen molar-refractivity contribution in [3.05, 3.63) is 22.9 Å². The maximum Gasteiger partial charge on any atom is 0.242 e. The fourth-order valence-electron chi connectivity index (χ4n) is 2.36. The number of nitrogens with one attached hydrogen (secondary N) is 1. The van der Waals surface area contributed by atoms with Crippen molar-refractivity contribution in [3.8, 4) is 0 Å². The Kier molecular flexibility index (Phi) is 4.40. The Labute approximate surface area is 116 Å². The topological polar surface area (TPSA) is 59.1 Å². The Morgan fingerprint density at radius 2 is 2.22 bits per heavy atom. The van der Waals surface area contributed by atoms with Crippen molar-refractivity contribution in [1.82, 2.24) is 9.71 Å². The third kappa shape index (κ3) is 3.30. The van der Waals surface area contributed by atoms with Crippen LogP contribution >= 0.6 is 15.9 Å². The second-order valence-corrected chi connectivity index (χ2v) is 7.54. The number of hydrogen-bond donors (Lipinski definition) is 1. The van der Waals surface area contributed by atoms with Gasteiger partial charge >= 0.3 is 0 Å². The summed E-state index contributed by atoms with van der Waals surface area (Å²) in [5, 5.41) is 0. The van der Waals surface area contributed by atoms with Crippen LogP contribution in [-0.4, -0.2) is 19.9 Å². The first-order valence-electron chi connectivity index (χ1n) is 6.09. The van der Waals surface area contributed by atoms with Gasteiger partial charge in [-0.15, -0.1) is 0 Å². The van der Waals surface area contributed by atoms with Gasteiger partial charge in [0.15, 0.2) is 0 Å². The fraction of sp³-hybridized carbons (Fsp3) is 0.583. The number of rotatable bonds is 4. The molecule has 0 amide bonds. The third-order valence-corrected chi connectivity index (χ3v) is 5.39. The van der Waals surface area contributed by atoms with Gasteiger partial charge in [-0.3, -0.25) is 4.98 Å². The molecule has 1 fully saturated rings. The van der Waals surface area contributed by atoms with Gasteiger partial charge in [-0.05, 0) is 40.3 Å². The summed E-state index contributed by atoms with van der Waals surface area (Å²) in [5.41, 5.74) is 0. The second-order valence-electron chi connectivity index (χ2n) is 4.86. The average Bonchev–Trinajstić information content (AvgIpc) is 2.72. The van der Waals surface area contributed by atoms with E-state index in [1.165, 1.54) is 19.0 Å². The summed E-state index contributed by atoms with van der Waals surface area (Å²) in [6.07, 6.45) is 6.44. The number of pyridine rings is 1. The van der Waals surface area contributed by atoms with Crippen molar-refractivity contribution >= 4 is 26.0 Å². The summed E-state index contributed by atoms with van der Waals surface area (Å²) >= 11 is 3.23. The molecular formula is C12H17BrN2O2S. The number of halogens is 1. The Balaban J connectivity index is 2.03. The van der Waals surface area contributed by atoms with E-state index in [1.54, 1.807) is 12.3 Å². The molecule has 1 aliphatic rings. The van der Waals surface area contributed by atoms with Gasteiger partial charge < -0.3 is 0 Å². The molecule has 0 aliphatic heterocycles. The van der Waals surface area contributed by atoms with Crippen molar-refractivity contribution in [2.45, 2.75) is 31.1 Å². The van der Waals surface area contributed by atoms with Gasteiger partial charge in [0.1, 0.15) is 4.90 Å². The lowest BCUT2D eigenvalue weighted by atomic mass is 9.99. The van der Waals surface area contributed by atoms with E-state index in [1.807, 2.05) is 0 Å². The van der Waals surface area contributed by atoms with Gasteiger partial charge in [0.05, 0.1) is 0 Å². The van der Waals surface area contributed by atoms with Crippen LogP contribution in [0.5, 0.6) is 0 Å². The molecule has 0 bridgehead atoms. The highest BCUT2D eigenvalue weighted by Gasteiger charge is 2.25. The van der Waals surface area contributed by atoms with Crippen LogP contribution in [0, 0.1) is 11.8 Å². The van der Waals surface area contributed by atoms with Gasteiger partial charge in [0, 0.05) is 23.4 Å². The lowest BCUT2D eigenvalue weighted by molar-refractivity contribution is 0.414. The largest absolute Gasteiger partial charge is 0.262 e. The SMILES string of the molecule is CC1CCCC1CNS(=O)(=O)c1cncc(Br)c1. The number of nitrogens with zero attached hydrogens (tertiary/aromatic N) is 1. The van der Waals surface area contributed by atoms with Crippen LogP contribution in [0.1, 0.15) is 26.2 Å². The number of sulfonamides is 1. The minimum Gasteiger partial charge on any atom is -0.262 e. The first-order chi connectivity index (χ1) is 8.49. The minimum absolute atomic E-state index is 0.211. The van der Waals surface area contributed by atoms with E-state index in [4.69, 9.17) is 0 Å². The standard InChI is InChI=1S/C12H17BrN2O2S/c1-9-3-2-4-10(9)6-15-18(16,17)12-5-11(13)7-14-8-12/h5,7-10,15H,2-4,6H2,1H3. The van der Waals surface area contributed by atoms with Crippen LogP contribution in [0.2, 0.25) is 0 Å². The molecule has 0 radical (unpaired) electrons. The fourth-order valence-corrected chi connectivity index (χ4v) is 3.96. The molecule has 0 saturated heterocycles. The van der Waals surface area contributed by atoms with Crippen LogP contribution in [0.3, 0.4) is 0 Å². The minimum atomic E-state index is -3.44. The number of aromatic nitrogens is 1. The van der Waals surface area contributed by atoms with E-state index in [-0.39, 0.29) is 4.90 Å². The highest BCUT2D eigenvalue weighted by Crippen LogP contribution is 2.30. The highest BCUT2D eigenvalue weighted by atomic mass is 79.9. The van der Waals surface area contributed by atoms with E-state index in [0.29, 0.717) is 22.9 Å². The quantitative estimate of drug-likeness (QED) is 0.921. The van der Waals surface area contributed by atoms with Crippen LogP contribution in [0.15, 0.2) is 27.8 Å². The lowest BCUT2D eigenvalue weighted by Crippen LogP contribution is -2.30. The van der Waals surface area contributed by atoms with Crippen molar-refractivity contribution in [3.63, 3.8) is 0 Å². The molecule has 0 aromatic carbocycles. The van der Waals surface area contributed by atoms with Crippen LogP contribution < -0.4 is 4.72 Å². The molecule has 0 spiro atoms. The van der Waals surface area contributed by atoms with Crippen molar-refractivity contribution in [1.29, 1.82) is 0 Å². The van der Waals surface area contributed by atoms with E-state index in [0.717, 1.165) is 6.42 Å². The molecule has 1 saturated carbocycles. The highest BCUT2D eigenvalue weighted by molar-refractivity contribution is 9.10. The third-order valence-electron chi connectivity index (χ3n) is 3.56. The van der Waals surface area contributed by atoms with Gasteiger partial charge in [-0.25, -0.2) is 13.1 Å². The molecule has 6 heteroatoms. The maximum atomic E-state index is 12.1. The Hall–Kier alpha value is -0.460. The molecule has 100 valence electrons.